The Bertz CT molecular complexity index is 1080. The lowest BCUT2D eigenvalue weighted by Crippen LogP contribution is -2.31. The molecule has 3 aliphatic rings. The number of nitro groups is 1. The largest absolute Gasteiger partial charge is 0.513 e. The van der Waals surface area contributed by atoms with Gasteiger partial charge in [-0.3, -0.25) is 10.1 Å². The maximum atomic E-state index is 12.8. The second-order valence-corrected chi connectivity index (χ2v) is 9.74. The van der Waals surface area contributed by atoms with Gasteiger partial charge in [0.1, 0.15) is 29.6 Å². The first-order valence-corrected chi connectivity index (χ1v) is 13.1. The molecule has 2 saturated carbocycles. The maximum absolute atomic E-state index is 12.8. The van der Waals surface area contributed by atoms with Crippen molar-refractivity contribution in [3.05, 3.63) is 62.9 Å². The molecule has 1 N–H and O–H groups in total. The number of non-ortho nitro benzene ring substituents is 1. The third kappa shape index (κ3) is 6.61. The highest BCUT2D eigenvalue weighted by molar-refractivity contribution is 5.65. The van der Waals surface area contributed by atoms with Crippen LogP contribution in [0.25, 0.3) is 0 Å². The molecule has 1 aromatic rings. The Balaban J connectivity index is 1.68. The minimum Gasteiger partial charge on any atom is -0.431 e. The summed E-state index contributed by atoms with van der Waals surface area (Å²) in [5.41, 5.74) is 1.46. The Kier molecular flexibility index (Phi) is 8.68. The molecule has 0 aromatic heterocycles. The van der Waals surface area contributed by atoms with Crippen molar-refractivity contribution in [3.63, 3.8) is 0 Å². The summed E-state index contributed by atoms with van der Waals surface area (Å²) in [5.74, 6) is -0.540. The number of nitrogens with zero attached hydrogens (tertiary/aromatic N) is 1. The number of hydrogen-bond donors (Lipinski definition) is 1. The van der Waals surface area contributed by atoms with Crippen LogP contribution in [0.5, 0.6) is 0 Å². The highest BCUT2D eigenvalue weighted by atomic mass is 16.7. The van der Waals surface area contributed by atoms with E-state index in [1.165, 1.54) is 12.1 Å². The van der Waals surface area contributed by atoms with Gasteiger partial charge in [0.25, 0.3) is 5.69 Å². The van der Waals surface area contributed by atoms with Crippen molar-refractivity contribution >= 4 is 18.0 Å². The summed E-state index contributed by atoms with van der Waals surface area (Å²) in [7, 11) is 0. The first-order valence-electron chi connectivity index (χ1n) is 13.1. The van der Waals surface area contributed by atoms with Crippen molar-refractivity contribution in [3.8, 4) is 0 Å². The Hall–Kier alpha value is -3.56. The molecule has 0 bridgehead atoms. The van der Waals surface area contributed by atoms with Crippen molar-refractivity contribution in [1.29, 1.82) is 0 Å². The fourth-order valence-corrected chi connectivity index (χ4v) is 5.18. The van der Waals surface area contributed by atoms with Crippen LogP contribution < -0.4 is 5.32 Å². The molecule has 1 heterocycles. The molecule has 10 heteroatoms. The number of dihydropyridines is 1. The zero-order chi connectivity index (χ0) is 26.4. The predicted octanol–water partition coefficient (Wildman–Crippen LogP) is 6.72. The van der Waals surface area contributed by atoms with E-state index in [1.54, 1.807) is 19.1 Å². The predicted molar refractivity (Wildman–Crippen MR) is 133 cm³/mol. The highest BCUT2D eigenvalue weighted by Gasteiger charge is 2.38. The number of nitrogens with one attached hydrogen (secondary N) is 1. The van der Waals surface area contributed by atoms with Gasteiger partial charge in [-0.2, -0.15) is 0 Å². The molecular formula is C27H34N2O8. The Labute approximate surface area is 216 Å². The number of allylic oxidation sites excluding steroid dienone is 2. The molecular weight excluding hydrogens is 480 g/mol. The van der Waals surface area contributed by atoms with Crippen LogP contribution in [0.1, 0.15) is 89.5 Å². The number of carbonyl (C=O) groups is 2. The Morgan fingerprint density at radius 1 is 0.973 bits per heavy atom. The third-order valence-electron chi connectivity index (χ3n) is 6.96. The fraction of sp³-hybridized carbons (Fsp3) is 0.556. The number of rotatable bonds is 8. The second-order valence-electron chi connectivity index (χ2n) is 9.74. The first-order chi connectivity index (χ1) is 17.9. The zero-order valence-corrected chi connectivity index (χ0v) is 21.3. The topological polar surface area (TPSA) is 126 Å². The van der Waals surface area contributed by atoms with Crippen molar-refractivity contribution in [1.82, 2.24) is 5.32 Å². The standard InChI is InChI=1S/C27H34N2O8/c1-3-9-22-25(37-27(31)35-21-14-6-7-15-21)23(18-10-8-11-19(16-18)29(32)33)24(17(2)28-22)36-26(30)34-20-12-4-5-13-20/h8,10-11,16,20-21,23,28H,3-7,9,12-15H2,1-2H3. The molecule has 200 valence electrons. The molecule has 0 amide bonds. The quantitative estimate of drug-likeness (QED) is 0.228. The van der Waals surface area contributed by atoms with Gasteiger partial charge in [-0.05, 0) is 70.3 Å². The maximum Gasteiger partial charge on any atom is 0.513 e. The Morgan fingerprint density at radius 3 is 2.08 bits per heavy atom. The van der Waals surface area contributed by atoms with E-state index in [9.17, 15) is 19.7 Å². The van der Waals surface area contributed by atoms with Gasteiger partial charge >= 0.3 is 12.3 Å². The number of nitro benzene ring substituents is 1. The average molecular weight is 515 g/mol. The van der Waals surface area contributed by atoms with E-state index in [-0.39, 0.29) is 29.4 Å². The van der Waals surface area contributed by atoms with Gasteiger partial charge in [0.15, 0.2) is 0 Å². The van der Waals surface area contributed by atoms with Crippen LogP contribution in [0, 0.1) is 10.1 Å². The minimum absolute atomic E-state index is 0.133. The SMILES string of the molecule is CCCC1=C(OC(=O)OC2CCCC2)C(c2cccc([N+](=O)[O-])c2)C(OC(=O)OC2CCCC2)=C(C)N1. The summed E-state index contributed by atoms with van der Waals surface area (Å²) in [6.07, 6.45) is 6.24. The van der Waals surface area contributed by atoms with Crippen LogP contribution in [-0.4, -0.2) is 29.4 Å². The molecule has 1 atom stereocenters. The van der Waals surface area contributed by atoms with E-state index in [2.05, 4.69) is 5.32 Å². The molecule has 1 unspecified atom stereocenters. The van der Waals surface area contributed by atoms with Gasteiger partial charge in [-0.25, -0.2) is 9.59 Å². The summed E-state index contributed by atoms with van der Waals surface area (Å²) in [6.45, 7) is 3.72. The summed E-state index contributed by atoms with van der Waals surface area (Å²) in [4.78, 5) is 36.6. The van der Waals surface area contributed by atoms with E-state index in [0.29, 0.717) is 23.4 Å². The number of ether oxygens (including phenoxy) is 4. The summed E-state index contributed by atoms with van der Waals surface area (Å²) in [6, 6.07) is 6.00. The van der Waals surface area contributed by atoms with E-state index >= 15 is 0 Å². The van der Waals surface area contributed by atoms with Crippen LogP contribution in [0.3, 0.4) is 0 Å². The van der Waals surface area contributed by atoms with Crippen molar-refractivity contribution in [2.75, 3.05) is 0 Å². The van der Waals surface area contributed by atoms with Crippen LogP contribution in [0.2, 0.25) is 0 Å². The average Bonchev–Trinajstić information content (AvgIpc) is 3.56. The van der Waals surface area contributed by atoms with E-state index in [0.717, 1.165) is 57.8 Å². The lowest BCUT2D eigenvalue weighted by atomic mass is 9.89. The number of benzene rings is 1. The van der Waals surface area contributed by atoms with Crippen LogP contribution in [0.4, 0.5) is 15.3 Å². The normalized spacial score (nSPS) is 20.5. The number of carbonyl (C=O) groups excluding carboxylic acids is 2. The van der Waals surface area contributed by atoms with Crippen LogP contribution >= 0.6 is 0 Å². The fourth-order valence-electron chi connectivity index (χ4n) is 5.18. The molecule has 4 rings (SSSR count). The molecule has 2 aliphatic carbocycles. The molecule has 1 aliphatic heterocycles. The third-order valence-corrected chi connectivity index (χ3v) is 6.96. The lowest BCUT2D eigenvalue weighted by Gasteiger charge is -2.31. The monoisotopic (exact) mass is 514 g/mol. The first kappa shape index (κ1) is 26.5. The molecule has 0 radical (unpaired) electrons. The zero-order valence-electron chi connectivity index (χ0n) is 21.3. The van der Waals surface area contributed by atoms with E-state index < -0.39 is 23.2 Å². The van der Waals surface area contributed by atoms with E-state index in [4.69, 9.17) is 18.9 Å². The Morgan fingerprint density at radius 2 is 1.54 bits per heavy atom. The summed E-state index contributed by atoms with van der Waals surface area (Å²) < 4.78 is 22.6. The van der Waals surface area contributed by atoms with Crippen molar-refractivity contribution < 1.29 is 33.5 Å². The minimum atomic E-state index is -0.894. The molecule has 2 fully saturated rings. The molecule has 10 nitrogen and oxygen atoms in total. The van der Waals surface area contributed by atoms with Crippen LogP contribution in [-0.2, 0) is 18.9 Å². The smallest absolute Gasteiger partial charge is 0.431 e. The van der Waals surface area contributed by atoms with Crippen molar-refractivity contribution in [2.24, 2.45) is 0 Å². The van der Waals surface area contributed by atoms with E-state index in [1.807, 2.05) is 6.92 Å². The van der Waals surface area contributed by atoms with Gasteiger partial charge in [0.2, 0.25) is 0 Å². The molecule has 37 heavy (non-hydrogen) atoms. The van der Waals surface area contributed by atoms with Gasteiger partial charge < -0.3 is 24.3 Å². The second kappa shape index (κ2) is 12.1. The summed E-state index contributed by atoms with van der Waals surface area (Å²) in [5, 5.41) is 14.7. The molecule has 0 spiro atoms. The van der Waals surface area contributed by atoms with Crippen molar-refractivity contribution in [2.45, 2.75) is 96.2 Å². The van der Waals surface area contributed by atoms with Gasteiger partial charge in [-0.15, -0.1) is 0 Å². The van der Waals surface area contributed by atoms with Gasteiger partial charge in [-0.1, -0.05) is 25.5 Å². The lowest BCUT2D eigenvalue weighted by molar-refractivity contribution is -0.384. The molecule has 1 aromatic carbocycles. The van der Waals surface area contributed by atoms with Gasteiger partial charge in [0, 0.05) is 12.1 Å². The highest BCUT2D eigenvalue weighted by Crippen LogP contribution is 2.41. The number of hydrogen-bond acceptors (Lipinski definition) is 9. The van der Waals surface area contributed by atoms with Crippen LogP contribution in [0.15, 0.2) is 47.2 Å². The van der Waals surface area contributed by atoms with Gasteiger partial charge in [0.05, 0.1) is 16.3 Å². The molecule has 0 saturated heterocycles. The summed E-state index contributed by atoms with van der Waals surface area (Å²) >= 11 is 0.